The van der Waals surface area contributed by atoms with Crippen molar-refractivity contribution in [2.45, 2.75) is 16.7 Å². The van der Waals surface area contributed by atoms with Crippen LogP contribution < -0.4 is 10.0 Å². The molecule has 5 nitrogen and oxygen atoms in total. The molecule has 23 heavy (non-hydrogen) atoms. The minimum Gasteiger partial charge on any atom is -0.325 e. The van der Waals surface area contributed by atoms with Crippen LogP contribution in [0.2, 0.25) is 5.02 Å². The van der Waals surface area contributed by atoms with Crippen LogP contribution >= 0.6 is 23.4 Å². The van der Waals surface area contributed by atoms with Crippen molar-refractivity contribution >= 4 is 50.7 Å². The second-order valence-electron chi connectivity index (χ2n) is 4.66. The Hall–Kier alpha value is -1.70. The fraction of sp³-hybridized carbons (Fsp3) is 0.133. The Morgan fingerprint density at radius 3 is 2.30 bits per heavy atom. The van der Waals surface area contributed by atoms with Crippen molar-refractivity contribution in [2.24, 2.45) is 0 Å². The minimum absolute atomic E-state index is 0.0190. The Balaban J connectivity index is 2.24. The third-order valence-corrected chi connectivity index (χ3v) is 5.34. The van der Waals surface area contributed by atoms with Gasteiger partial charge in [-0.25, -0.2) is 8.42 Å². The third kappa shape index (κ3) is 4.63. The summed E-state index contributed by atoms with van der Waals surface area (Å²) in [5, 5.41) is 2.68. The first kappa shape index (κ1) is 17.7. The summed E-state index contributed by atoms with van der Waals surface area (Å²) in [6, 6.07) is 11.2. The largest absolute Gasteiger partial charge is 0.325 e. The van der Waals surface area contributed by atoms with Crippen molar-refractivity contribution < 1.29 is 13.2 Å². The molecular formula is C15H15ClN2O3S2. The number of halogens is 1. The number of amides is 1. The summed E-state index contributed by atoms with van der Waals surface area (Å²) in [5.41, 5.74) is 0.826. The standard InChI is InChI=1S/C15H15ClN2O3S2/c1-10(19)17-15-8-7-13(9-14(15)16)23(20,21)18-11-3-5-12(22-2)6-4-11/h3-9,18H,1-2H3,(H,17,19). The molecule has 0 aliphatic heterocycles. The van der Waals surface area contributed by atoms with Crippen molar-refractivity contribution in [3.63, 3.8) is 0 Å². The number of thioether (sulfide) groups is 1. The maximum absolute atomic E-state index is 12.4. The molecule has 0 bridgehead atoms. The van der Waals surface area contributed by atoms with E-state index in [1.54, 1.807) is 23.9 Å². The van der Waals surface area contributed by atoms with Crippen molar-refractivity contribution in [1.29, 1.82) is 0 Å². The number of carbonyl (C=O) groups excluding carboxylic acids is 1. The van der Waals surface area contributed by atoms with Crippen LogP contribution in [0.4, 0.5) is 11.4 Å². The summed E-state index contributed by atoms with van der Waals surface area (Å²) in [6.45, 7) is 1.35. The summed E-state index contributed by atoms with van der Waals surface area (Å²) >= 11 is 7.58. The smallest absolute Gasteiger partial charge is 0.261 e. The first-order valence-electron chi connectivity index (χ1n) is 6.56. The van der Waals surface area contributed by atoms with Gasteiger partial charge in [0.15, 0.2) is 0 Å². The van der Waals surface area contributed by atoms with Gasteiger partial charge in [-0.15, -0.1) is 11.8 Å². The second kappa shape index (κ2) is 7.25. The molecule has 1 amide bonds. The number of sulfonamides is 1. The van der Waals surface area contributed by atoms with Gasteiger partial charge in [0.1, 0.15) is 0 Å². The van der Waals surface area contributed by atoms with Gasteiger partial charge in [-0.1, -0.05) is 11.6 Å². The van der Waals surface area contributed by atoms with Crippen molar-refractivity contribution in [2.75, 3.05) is 16.3 Å². The molecule has 0 aromatic heterocycles. The van der Waals surface area contributed by atoms with E-state index in [9.17, 15) is 13.2 Å². The van der Waals surface area contributed by atoms with Crippen LogP contribution in [0.15, 0.2) is 52.3 Å². The molecule has 0 atom stereocenters. The van der Waals surface area contributed by atoms with E-state index in [1.165, 1.54) is 25.1 Å². The number of anilines is 2. The molecule has 0 unspecified atom stereocenters. The summed E-state index contributed by atoms with van der Waals surface area (Å²) in [5.74, 6) is -0.283. The highest BCUT2D eigenvalue weighted by atomic mass is 35.5. The first-order valence-corrected chi connectivity index (χ1v) is 9.64. The van der Waals surface area contributed by atoms with Crippen LogP contribution in [0.3, 0.4) is 0 Å². The maximum atomic E-state index is 12.4. The van der Waals surface area contributed by atoms with Crippen molar-refractivity contribution in [3.8, 4) is 0 Å². The molecule has 8 heteroatoms. The monoisotopic (exact) mass is 370 g/mol. The molecule has 2 N–H and O–H groups in total. The summed E-state index contributed by atoms with van der Waals surface area (Å²) in [6.07, 6.45) is 1.94. The zero-order valence-electron chi connectivity index (χ0n) is 12.5. The van der Waals surface area contributed by atoms with Crippen LogP contribution in [0.5, 0.6) is 0 Å². The van der Waals surface area contributed by atoms with Gasteiger partial charge in [0.25, 0.3) is 10.0 Å². The lowest BCUT2D eigenvalue weighted by atomic mass is 10.3. The first-order chi connectivity index (χ1) is 10.8. The second-order valence-corrected chi connectivity index (χ2v) is 7.63. The van der Waals surface area contributed by atoms with Crippen LogP contribution in [-0.4, -0.2) is 20.6 Å². The summed E-state index contributed by atoms with van der Waals surface area (Å²) < 4.78 is 27.2. The maximum Gasteiger partial charge on any atom is 0.261 e. The highest BCUT2D eigenvalue weighted by Crippen LogP contribution is 2.27. The third-order valence-electron chi connectivity index (χ3n) is 2.90. The molecule has 0 heterocycles. The fourth-order valence-electron chi connectivity index (χ4n) is 1.83. The zero-order chi connectivity index (χ0) is 17.0. The van der Waals surface area contributed by atoms with Gasteiger partial charge in [-0.2, -0.15) is 0 Å². The lowest BCUT2D eigenvalue weighted by Crippen LogP contribution is -2.13. The molecule has 2 aromatic rings. The number of hydrogen-bond donors (Lipinski definition) is 2. The number of nitrogens with one attached hydrogen (secondary N) is 2. The Labute approximate surface area is 144 Å². The topological polar surface area (TPSA) is 75.3 Å². The van der Waals surface area contributed by atoms with E-state index >= 15 is 0 Å². The molecule has 0 spiro atoms. The summed E-state index contributed by atoms with van der Waals surface area (Å²) in [7, 11) is -3.75. The molecular weight excluding hydrogens is 356 g/mol. The molecule has 2 aromatic carbocycles. The predicted octanol–water partition coefficient (Wildman–Crippen LogP) is 3.82. The van der Waals surface area contributed by atoms with Crippen molar-refractivity contribution in [1.82, 2.24) is 0 Å². The van der Waals surface area contributed by atoms with E-state index in [1.807, 2.05) is 18.4 Å². The normalized spacial score (nSPS) is 11.1. The minimum atomic E-state index is -3.75. The van der Waals surface area contributed by atoms with Gasteiger partial charge >= 0.3 is 0 Å². The Bertz CT molecular complexity index is 821. The van der Waals surface area contributed by atoms with E-state index in [2.05, 4.69) is 10.0 Å². The van der Waals surface area contributed by atoms with Gasteiger partial charge in [0.2, 0.25) is 5.91 Å². The number of rotatable bonds is 5. The predicted molar refractivity (Wildman–Crippen MR) is 94.8 cm³/mol. The summed E-state index contributed by atoms with van der Waals surface area (Å²) in [4.78, 5) is 12.1. The molecule has 2 rings (SSSR count). The van der Waals surface area contributed by atoms with E-state index in [0.29, 0.717) is 11.4 Å². The highest BCUT2D eigenvalue weighted by Gasteiger charge is 2.16. The van der Waals surface area contributed by atoms with E-state index < -0.39 is 10.0 Å². The number of benzene rings is 2. The van der Waals surface area contributed by atoms with Crippen molar-refractivity contribution in [3.05, 3.63) is 47.5 Å². The van der Waals surface area contributed by atoms with Crippen LogP contribution in [0, 0.1) is 0 Å². The Morgan fingerprint density at radius 2 is 1.78 bits per heavy atom. The molecule has 0 aliphatic rings. The van der Waals surface area contributed by atoms with Gasteiger partial charge in [-0.3, -0.25) is 9.52 Å². The lowest BCUT2D eigenvalue weighted by molar-refractivity contribution is -0.114. The molecule has 0 radical (unpaired) electrons. The van der Waals surface area contributed by atoms with E-state index in [0.717, 1.165) is 4.90 Å². The van der Waals surface area contributed by atoms with Gasteiger partial charge < -0.3 is 5.32 Å². The van der Waals surface area contributed by atoms with E-state index in [4.69, 9.17) is 11.6 Å². The van der Waals surface area contributed by atoms with Gasteiger partial charge in [0, 0.05) is 17.5 Å². The van der Waals surface area contributed by atoms with E-state index in [-0.39, 0.29) is 15.8 Å². The van der Waals surface area contributed by atoms with Crippen LogP contribution in [-0.2, 0) is 14.8 Å². The van der Waals surface area contributed by atoms with Gasteiger partial charge in [0.05, 0.1) is 15.6 Å². The zero-order valence-corrected chi connectivity index (χ0v) is 14.8. The van der Waals surface area contributed by atoms with Crippen LogP contribution in [0.1, 0.15) is 6.92 Å². The lowest BCUT2D eigenvalue weighted by Gasteiger charge is -2.11. The average Bonchev–Trinajstić information content (AvgIpc) is 2.49. The quantitative estimate of drug-likeness (QED) is 0.784. The Kier molecular flexibility index (Phi) is 5.56. The highest BCUT2D eigenvalue weighted by molar-refractivity contribution is 7.98. The average molecular weight is 371 g/mol. The Morgan fingerprint density at radius 1 is 1.13 bits per heavy atom. The number of hydrogen-bond acceptors (Lipinski definition) is 4. The fourth-order valence-corrected chi connectivity index (χ4v) is 3.61. The molecule has 0 saturated carbocycles. The molecule has 0 saturated heterocycles. The van der Waals surface area contributed by atoms with Crippen LogP contribution in [0.25, 0.3) is 0 Å². The van der Waals surface area contributed by atoms with Gasteiger partial charge in [-0.05, 0) is 48.7 Å². The molecule has 0 aliphatic carbocycles. The molecule has 122 valence electrons. The molecule has 0 fully saturated rings. The SMILES string of the molecule is CSc1ccc(NS(=O)(=O)c2ccc(NC(C)=O)c(Cl)c2)cc1. The number of carbonyl (C=O) groups is 1.